The standard InChI is InChI=1S/C19H26N2O4/c1-13(2)15-7-3-4-8-16(15)25-12-14(22)11-21-17(23)19(20-18(21)24)9-5-6-10-19/h3-4,7-8,13-14,22H,5-6,9-12H2,1-2H3,(H,20,24)/t14-/m1/s1. The number of β-amino-alcohol motifs (C(OH)–C–C–N with tert-alkyl or cyclic N) is 1. The SMILES string of the molecule is CC(C)c1ccccc1OC[C@H](O)CN1C(=O)NC2(CCCC2)C1=O. The minimum absolute atomic E-state index is 0.0355. The second-order valence-corrected chi connectivity index (χ2v) is 7.29. The van der Waals surface area contributed by atoms with Crippen molar-refractivity contribution in [3.05, 3.63) is 29.8 Å². The molecule has 2 fully saturated rings. The molecular weight excluding hydrogens is 320 g/mol. The number of aliphatic hydroxyl groups excluding tert-OH is 1. The van der Waals surface area contributed by atoms with Crippen LogP contribution in [-0.4, -0.2) is 46.7 Å². The molecule has 1 aliphatic carbocycles. The second-order valence-electron chi connectivity index (χ2n) is 7.29. The van der Waals surface area contributed by atoms with Crippen molar-refractivity contribution in [2.24, 2.45) is 0 Å². The Morgan fingerprint density at radius 1 is 1.24 bits per heavy atom. The Hall–Kier alpha value is -2.08. The monoisotopic (exact) mass is 346 g/mol. The first-order chi connectivity index (χ1) is 11.9. The number of ether oxygens (including phenoxy) is 1. The van der Waals surface area contributed by atoms with Gasteiger partial charge in [0.15, 0.2) is 0 Å². The number of carbonyl (C=O) groups excluding carboxylic acids is 2. The Morgan fingerprint density at radius 2 is 1.92 bits per heavy atom. The van der Waals surface area contributed by atoms with Crippen LogP contribution in [-0.2, 0) is 4.79 Å². The van der Waals surface area contributed by atoms with E-state index in [1.165, 1.54) is 0 Å². The molecule has 0 radical (unpaired) electrons. The topological polar surface area (TPSA) is 78.9 Å². The summed E-state index contributed by atoms with van der Waals surface area (Å²) in [6.07, 6.45) is 2.33. The molecule has 2 N–H and O–H groups in total. The van der Waals surface area contributed by atoms with Crippen molar-refractivity contribution in [2.75, 3.05) is 13.2 Å². The maximum absolute atomic E-state index is 12.6. The van der Waals surface area contributed by atoms with Gasteiger partial charge in [0.25, 0.3) is 5.91 Å². The second kappa shape index (κ2) is 7.04. The van der Waals surface area contributed by atoms with Gasteiger partial charge in [0.05, 0.1) is 6.54 Å². The summed E-state index contributed by atoms with van der Waals surface area (Å²) in [6.45, 7) is 4.14. The van der Waals surface area contributed by atoms with Crippen LogP contribution in [0.1, 0.15) is 51.0 Å². The fourth-order valence-corrected chi connectivity index (χ4v) is 3.70. The average Bonchev–Trinajstić information content (AvgIpc) is 3.14. The number of nitrogens with one attached hydrogen (secondary N) is 1. The number of urea groups is 1. The van der Waals surface area contributed by atoms with E-state index in [1.54, 1.807) is 0 Å². The Bertz CT molecular complexity index is 653. The lowest BCUT2D eigenvalue weighted by Gasteiger charge is -2.22. The number of amides is 3. The lowest BCUT2D eigenvalue weighted by Crippen LogP contribution is -2.45. The third-order valence-corrected chi connectivity index (χ3v) is 5.07. The summed E-state index contributed by atoms with van der Waals surface area (Å²) in [5.74, 6) is 0.819. The lowest BCUT2D eigenvalue weighted by atomic mass is 9.98. The molecule has 1 atom stereocenters. The third-order valence-electron chi connectivity index (χ3n) is 5.07. The number of hydrogen-bond acceptors (Lipinski definition) is 4. The van der Waals surface area contributed by atoms with Gasteiger partial charge < -0.3 is 15.2 Å². The molecule has 1 aromatic carbocycles. The van der Waals surface area contributed by atoms with E-state index >= 15 is 0 Å². The molecule has 1 heterocycles. The van der Waals surface area contributed by atoms with Gasteiger partial charge in [0.2, 0.25) is 0 Å². The van der Waals surface area contributed by atoms with Gasteiger partial charge in [-0.15, -0.1) is 0 Å². The zero-order chi connectivity index (χ0) is 18.0. The Labute approximate surface area is 148 Å². The number of nitrogens with zero attached hydrogens (tertiary/aromatic N) is 1. The fraction of sp³-hybridized carbons (Fsp3) is 0.579. The molecule has 3 amide bonds. The van der Waals surface area contributed by atoms with Crippen molar-refractivity contribution >= 4 is 11.9 Å². The van der Waals surface area contributed by atoms with Crippen LogP contribution >= 0.6 is 0 Å². The van der Waals surface area contributed by atoms with Gasteiger partial charge in [0, 0.05) is 0 Å². The van der Waals surface area contributed by atoms with Crippen LogP contribution in [0.25, 0.3) is 0 Å². The quantitative estimate of drug-likeness (QED) is 0.776. The van der Waals surface area contributed by atoms with Crippen molar-refractivity contribution in [1.29, 1.82) is 0 Å². The fourth-order valence-electron chi connectivity index (χ4n) is 3.70. The van der Waals surface area contributed by atoms with E-state index in [9.17, 15) is 14.7 Å². The highest BCUT2D eigenvalue weighted by atomic mass is 16.5. The summed E-state index contributed by atoms with van der Waals surface area (Å²) in [4.78, 5) is 25.9. The molecule has 6 nitrogen and oxygen atoms in total. The van der Waals surface area contributed by atoms with Crippen molar-refractivity contribution in [3.63, 3.8) is 0 Å². The summed E-state index contributed by atoms with van der Waals surface area (Å²) in [5.41, 5.74) is 0.330. The molecule has 0 unspecified atom stereocenters. The van der Waals surface area contributed by atoms with Gasteiger partial charge in [0.1, 0.15) is 24.0 Å². The van der Waals surface area contributed by atoms with E-state index in [0.717, 1.165) is 29.1 Å². The normalized spacial score (nSPS) is 20.4. The largest absolute Gasteiger partial charge is 0.491 e. The summed E-state index contributed by atoms with van der Waals surface area (Å²) < 4.78 is 5.74. The predicted molar refractivity (Wildman–Crippen MR) is 93.5 cm³/mol. The van der Waals surface area contributed by atoms with Crippen LogP contribution in [0, 0.1) is 0 Å². The molecular formula is C19H26N2O4. The first-order valence-electron chi connectivity index (χ1n) is 8.97. The van der Waals surface area contributed by atoms with E-state index in [1.807, 2.05) is 24.3 Å². The molecule has 136 valence electrons. The summed E-state index contributed by atoms with van der Waals surface area (Å²) >= 11 is 0. The van der Waals surface area contributed by atoms with Gasteiger partial charge >= 0.3 is 6.03 Å². The maximum atomic E-state index is 12.6. The molecule has 0 aromatic heterocycles. The first-order valence-corrected chi connectivity index (χ1v) is 8.97. The number of imide groups is 1. The van der Waals surface area contributed by atoms with Crippen molar-refractivity contribution in [2.45, 2.75) is 57.1 Å². The van der Waals surface area contributed by atoms with Crippen LogP contribution in [0.15, 0.2) is 24.3 Å². The summed E-state index contributed by atoms with van der Waals surface area (Å²) in [5, 5.41) is 13.1. The van der Waals surface area contributed by atoms with E-state index in [0.29, 0.717) is 18.8 Å². The molecule has 25 heavy (non-hydrogen) atoms. The van der Waals surface area contributed by atoms with Gasteiger partial charge in [-0.3, -0.25) is 9.69 Å². The van der Waals surface area contributed by atoms with E-state index in [-0.39, 0.29) is 19.1 Å². The number of para-hydroxylation sites is 1. The van der Waals surface area contributed by atoms with E-state index < -0.39 is 17.7 Å². The number of rotatable bonds is 6. The molecule has 3 rings (SSSR count). The van der Waals surface area contributed by atoms with Crippen LogP contribution < -0.4 is 10.1 Å². The molecule has 1 aromatic rings. The Morgan fingerprint density at radius 3 is 2.60 bits per heavy atom. The highest BCUT2D eigenvalue weighted by Gasteiger charge is 2.52. The molecule has 0 bridgehead atoms. The highest BCUT2D eigenvalue weighted by Crippen LogP contribution is 2.35. The van der Waals surface area contributed by atoms with E-state index in [4.69, 9.17) is 4.74 Å². The third kappa shape index (κ3) is 3.49. The lowest BCUT2D eigenvalue weighted by molar-refractivity contribution is -0.132. The van der Waals surface area contributed by atoms with Gasteiger partial charge in [-0.1, -0.05) is 44.9 Å². The smallest absolute Gasteiger partial charge is 0.325 e. The van der Waals surface area contributed by atoms with Gasteiger partial charge in [-0.05, 0) is 30.4 Å². The van der Waals surface area contributed by atoms with Gasteiger partial charge in [-0.2, -0.15) is 0 Å². The minimum atomic E-state index is -0.925. The van der Waals surface area contributed by atoms with Crippen molar-refractivity contribution < 1.29 is 19.4 Å². The summed E-state index contributed by atoms with van der Waals surface area (Å²) in [6, 6.07) is 7.28. The number of hydrogen-bond donors (Lipinski definition) is 2. The van der Waals surface area contributed by atoms with Crippen LogP contribution in [0.5, 0.6) is 5.75 Å². The van der Waals surface area contributed by atoms with Crippen molar-refractivity contribution in [3.8, 4) is 5.75 Å². The Kier molecular flexibility index (Phi) is 4.99. The molecule has 1 saturated heterocycles. The first kappa shape index (κ1) is 17.7. The van der Waals surface area contributed by atoms with Gasteiger partial charge in [-0.25, -0.2) is 4.79 Å². The van der Waals surface area contributed by atoms with Crippen LogP contribution in [0.3, 0.4) is 0 Å². The predicted octanol–water partition coefficient (Wildman–Crippen LogP) is 2.41. The van der Waals surface area contributed by atoms with Crippen molar-refractivity contribution in [1.82, 2.24) is 10.2 Å². The number of benzene rings is 1. The zero-order valence-corrected chi connectivity index (χ0v) is 14.8. The molecule has 1 aliphatic heterocycles. The highest BCUT2D eigenvalue weighted by molar-refractivity contribution is 6.07. The number of carbonyl (C=O) groups is 2. The maximum Gasteiger partial charge on any atom is 0.325 e. The molecule has 1 spiro atoms. The molecule has 6 heteroatoms. The summed E-state index contributed by atoms with van der Waals surface area (Å²) in [7, 11) is 0. The minimum Gasteiger partial charge on any atom is -0.491 e. The van der Waals surface area contributed by atoms with Crippen LogP contribution in [0.2, 0.25) is 0 Å². The van der Waals surface area contributed by atoms with Crippen LogP contribution in [0.4, 0.5) is 4.79 Å². The average molecular weight is 346 g/mol. The van der Waals surface area contributed by atoms with E-state index in [2.05, 4.69) is 19.2 Å². The zero-order valence-electron chi connectivity index (χ0n) is 14.8. The molecule has 1 saturated carbocycles. The molecule has 2 aliphatic rings. The Balaban J connectivity index is 1.59. The number of aliphatic hydroxyl groups is 1.